The number of benzene rings is 2. The number of aromatic nitrogens is 6. The van der Waals surface area contributed by atoms with Crippen molar-refractivity contribution in [2.75, 3.05) is 49.6 Å². The number of nitrogens with one attached hydrogen (secondary N) is 2. The molecule has 1 aliphatic rings. The van der Waals surface area contributed by atoms with Crippen LogP contribution in [-0.2, 0) is 18.0 Å². The van der Waals surface area contributed by atoms with Gasteiger partial charge in [0.05, 0.1) is 39.5 Å². The molecule has 0 spiro atoms. The summed E-state index contributed by atoms with van der Waals surface area (Å²) in [6, 6.07) is 7.78. The highest BCUT2D eigenvalue weighted by Crippen LogP contribution is 2.43. The maximum atomic E-state index is 13.4. The van der Waals surface area contributed by atoms with Crippen molar-refractivity contribution in [3.8, 4) is 16.9 Å². The summed E-state index contributed by atoms with van der Waals surface area (Å²) in [7, 11) is 2.92. The molecule has 0 saturated carbocycles. The third-order valence-corrected chi connectivity index (χ3v) is 9.11. The van der Waals surface area contributed by atoms with Gasteiger partial charge in [0.15, 0.2) is 0 Å². The molecule has 41 heavy (non-hydrogen) atoms. The predicted molar refractivity (Wildman–Crippen MR) is 167 cm³/mol. The molecule has 0 bridgehead atoms. The summed E-state index contributed by atoms with van der Waals surface area (Å²) >= 11 is 3.56. The number of fused-ring (bicyclic) bond motifs is 4. The van der Waals surface area contributed by atoms with Crippen LogP contribution in [0.4, 0.5) is 28.8 Å². The van der Waals surface area contributed by atoms with Gasteiger partial charge in [0, 0.05) is 74.7 Å². The second-order valence-corrected chi connectivity index (χ2v) is 14.3. The molecule has 6 rings (SSSR count). The Hall–Kier alpha value is -4.02. The lowest BCUT2D eigenvalue weighted by atomic mass is 10.0. The van der Waals surface area contributed by atoms with Crippen LogP contribution < -0.4 is 25.6 Å². The van der Waals surface area contributed by atoms with E-state index in [9.17, 15) is 4.57 Å². The van der Waals surface area contributed by atoms with Gasteiger partial charge in [-0.3, -0.25) is 14.6 Å². The van der Waals surface area contributed by atoms with E-state index in [-0.39, 0.29) is 0 Å². The fourth-order valence-corrected chi connectivity index (χ4v) is 6.82. The highest BCUT2D eigenvalue weighted by atomic mass is 79.9. The largest absolute Gasteiger partial charge is 0.494 e. The number of likely N-dealkylation sites (N-methyl/N-ethyl adjacent to an activating group) is 1. The molecule has 0 unspecified atom stereocenters. The van der Waals surface area contributed by atoms with Gasteiger partial charge in [-0.25, -0.2) is 4.98 Å². The molecule has 4 heterocycles. The van der Waals surface area contributed by atoms with Crippen LogP contribution >= 0.6 is 23.1 Å². The molecule has 0 saturated heterocycles. The van der Waals surface area contributed by atoms with E-state index in [1.54, 1.807) is 39.0 Å². The van der Waals surface area contributed by atoms with Crippen molar-refractivity contribution < 1.29 is 9.30 Å². The first kappa shape index (κ1) is 27.2. The molecular weight excluding hydrogens is 605 g/mol. The minimum Gasteiger partial charge on any atom is -0.494 e. The molecule has 0 radical (unpaired) electrons. The van der Waals surface area contributed by atoms with Crippen LogP contribution in [0.15, 0.2) is 53.5 Å². The number of ether oxygens (including phenoxy) is 1. The summed E-state index contributed by atoms with van der Waals surface area (Å²) in [4.78, 5) is 20.3. The van der Waals surface area contributed by atoms with Crippen molar-refractivity contribution in [2.24, 2.45) is 7.05 Å². The summed E-state index contributed by atoms with van der Waals surface area (Å²) in [6.07, 6.45) is 7.79. The van der Waals surface area contributed by atoms with Crippen LogP contribution in [0, 0.1) is 0 Å². The molecular formula is C28H29BrN9O2P. The quantitative estimate of drug-likeness (QED) is 0.238. The van der Waals surface area contributed by atoms with E-state index in [2.05, 4.69) is 64.6 Å². The lowest BCUT2D eigenvalue weighted by molar-refractivity contribution is 0.417. The van der Waals surface area contributed by atoms with Gasteiger partial charge in [0.2, 0.25) is 5.95 Å². The Bertz CT molecular complexity index is 1850. The van der Waals surface area contributed by atoms with Crippen molar-refractivity contribution in [2.45, 2.75) is 6.42 Å². The van der Waals surface area contributed by atoms with Crippen molar-refractivity contribution in [3.63, 3.8) is 0 Å². The van der Waals surface area contributed by atoms with Crippen LogP contribution in [0.1, 0.15) is 5.69 Å². The lowest BCUT2D eigenvalue weighted by Crippen LogP contribution is -2.19. The molecule has 0 amide bonds. The van der Waals surface area contributed by atoms with Gasteiger partial charge in [0.25, 0.3) is 0 Å². The molecule has 210 valence electrons. The summed E-state index contributed by atoms with van der Waals surface area (Å²) in [6.45, 7) is 4.29. The Labute approximate surface area is 245 Å². The number of halogens is 1. The van der Waals surface area contributed by atoms with Gasteiger partial charge in [-0.05, 0) is 47.5 Å². The van der Waals surface area contributed by atoms with Crippen molar-refractivity contribution >= 4 is 68.2 Å². The number of hydrogen-bond acceptors (Lipinski definition) is 10. The van der Waals surface area contributed by atoms with Gasteiger partial charge in [-0.1, -0.05) is 0 Å². The average molecular weight is 634 g/mol. The average Bonchev–Trinajstić information content (AvgIpc) is 3.27. The van der Waals surface area contributed by atoms with Crippen LogP contribution in [0.2, 0.25) is 0 Å². The summed E-state index contributed by atoms with van der Waals surface area (Å²) in [5.74, 6) is 1.53. The smallest absolute Gasteiger partial charge is 0.229 e. The van der Waals surface area contributed by atoms with E-state index in [1.807, 2.05) is 36.1 Å². The molecule has 0 atom stereocenters. The van der Waals surface area contributed by atoms with E-state index in [0.717, 1.165) is 41.2 Å². The van der Waals surface area contributed by atoms with E-state index in [4.69, 9.17) is 9.72 Å². The number of methoxy groups -OCH3 is 1. The molecule has 2 aromatic carbocycles. The second-order valence-electron chi connectivity index (χ2n) is 10.3. The van der Waals surface area contributed by atoms with E-state index in [0.29, 0.717) is 44.0 Å². The Morgan fingerprint density at radius 2 is 1.83 bits per heavy atom. The third kappa shape index (κ3) is 5.13. The fraction of sp³-hybridized carbons (Fsp3) is 0.250. The first-order valence-electron chi connectivity index (χ1n) is 12.9. The predicted octanol–water partition coefficient (Wildman–Crippen LogP) is 5.32. The Kier molecular flexibility index (Phi) is 6.91. The van der Waals surface area contributed by atoms with Crippen molar-refractivity contribution in [1.82, 2.24) is 29.7 Å². The van der Waals surface area contributed by atoms with Crippen molar-refractivity contribution in [1.29, 1.82) is 0 Å². The Balaban J connectivity index is 1.39. The van der Waals surface area contributed by atoms with Crippen LogP contribution in [0.5, 0.6) is 5.75 Å². The molecule has 3 aromatic heterocycles. The SMILES string of the molecule is COc1cc2c(cc1Nc1ncc(Br)c(Nc3ccc4nccnc4c3P(C)(C)=O)n1)-c1cn(C)nc1CCN2C. The highest BCUT2D eigenvalue weighted by Gasteiger charge is 2.24. The summed E-state index contributed by atoms with van der Waals surface area (Å²) in [5, 5.41) is 12.0. The van der Waals surface area contributed by atoms with Gasteiger partial charge in [0.1, 0.15) is 24.2 Å². The molecule has 13 heteroatoms. The normalized spacial score (nSPS) is 13.0. The second kappa shape index (κ2) is 10.4. The van der Waals surface area contributed by atoms with E-state index >= 15 is 0 Å². The standard InChI is InChI=1S/C28H29BrN9O2P/c1-37-11-8-19-17(15-38(2)36-19)16-12-22(24(40-3)13-23(16)37)34-28-32-14-18(29)27(35-28)33-21-7-6-20-25(31-10-9-30-20)26(21)41(4,5)39/h6-7,9-10,12-15H,8,11H2,1-5H3,(H2,32,33,34,35). The van der Waals surface area contributed by atoms with Crippen LogP contribution in [0.3, 0.4) is 0 Å². The topological polar surface area (TPSA) is 123 Å². The maximum absolute atomic E-state index is 13.4. The zero-order valence-electron chi connectivity index (χ0n) is 23.3. The summed E-state index contributed by atoms with van der Waals surface area (Å²) in [5.41, 5.74) is 6.91. The molecule has 0 fully saturated rings. The van der Waals surface area contributed by atoms with Crippen molar-refractivity contribution in [3.05, 3.63) is 59.2 Å². The Morgan fingerprint density at radius 3 is 2.61 bits per heavy atom. The molecule has 11 nitrogen and oxygen atoms in total. The molecule has 1 aliphatic heterocycles. The molecule has 5 aromatic rings. The van der Waals surface area contributed by atoms with Gasteiger partial charge < -0.3 is 24.8 Å². The zero-order valence-corrected chi connectivity index (χ0v) is 25.8. The fourth-order valence-electron chi connectivity index (χ4n) is 5.14. The first-order valence-corrected chi connectivity index (χ1v) is 16.3. The number of aryl methyl sites for hydroxylation is 1. The highest BCUT2D eigenvalue weighted by molar-refractivity contribution is 9.10. The number of nitrogens with zero attached hydrogens (tertiary/aromatic N) is 7. The first-order chi connectivity index (χ1) is 19.6. The lowest BCUT2D eigenvalue weighted by Gasteiger charge is -2.22. The number of hydrogen-bond donors (Lipinski definition) is 2. The molecule has 2 N–H and O–H groups in total. The summed E-state index contributed by atoms with van der Waals surface area (Å²) < 4.78 is 21.6. The molecule has 0 aliphatic carbocycles. The third-order valence-electron chi connectivity index (χ3n) is 7.00. The monoisotopic (exact) mass is 633 g/mol. The van der Waals surface area contributed by atoms with Gasteiger partial charge in [-0.2, -0.15) is 10.1 Å². The maximum Gasteiger partial charge on any atom is 0.229 e. The van der Waals surface area contributed by atoms with E-state index < -0.39 is 7.14 Å². The van der Waals surface area contributed by atoms with E-state index in [1.165, 1.54) is 0 Å². The number of anilines is 5. The number of rotatable bonds is 6. The zero-order chi connectivity index (χ0) is 28.9. The van der Waals surface area contributed by atoms with Crippen LogP contribution in [0.25, 0.3) is 22.2 Å². The van der Waals surface area contributed by atoms with Gasteiger partial charge in [-0.15, -0.1) is 0 Å². The van der Waals surface area contributed by atoms with Gasteiger partial charge >= 0.3 is 0 Å². The minimum absolute atomic E-state index is 0.362. The Morgan fingerprint density at radius 1 is 1.02 bits per heavy atom. The van der Waals surface area contributed by atoms with Crippen LogP contribution in [-0.4, -0.2) is 63.7 Å². The minimum atomic E-state index is -2.74.